The van der Waals surface area contributed by atoms with Crippen LogP contribution in [0.5, 0.6) is 0 Å². The third-order valence-electron chi connectivity index (χ3n) is 5.11. The van der Waals surface area contributed by atoms with Crippen LogP contribution in [-0.2, 0) is 8.85 Å². The average Bonchev–Trinajstić information content (AvgIpc) is 2.57. The zero-order valence-electron chi connectivity index (χ0n) is 20.7. The lowest BCUT2D eigenvalue weighted by atomic mass is 10.0. The van der Waals surface area contributed by atoms with E-state index in [4.69, 9.17) is 8.85 Å². The van der Waals surface area contributed by atoms with Gasteiger partial charge in [-0.3, -0.25) is 0 Å². The van der Waals surface area contributed by atoms with E-state index in [0.29, 0.717) is 6.10 Å². The number of rotatable bonds is 20. The van der Waals surface area contributed by atoms with Crippen LogP contribution in [0.2, 0.25) is 39.3 Å². The molecule has 28 heavy (non-hydrogen) atoms. The van der Waals surface area contributed by atoms with Crippen LogP contribution < -0.4 is 0 Å². The maximum absolute atomic E-state index is 6.46. The van der Waals surface area contributed by atoms with Gasteiger partial charge in [-0.25, -0.2) is 0 Å². The minimum atomic E-state index is -1.41. The molecular weight excluding hydrogens is 376 g/mol. The van der Waals surface area contributed by atoms with Crippen molar-refractivity contribution < 1.29 is 8.85 Å². The average molecular weight is 431 g/mol. The Morgan fingerprint density at radius 1 is 0.536 bits per heavy atom. The highest BCUT2D eigenvalue weighted by Crippen LogP contribution is 2.20. The van der Waals surface area contributed by atoms with Crippen molar-refractivity contribution in [3.8, 4) is 0 Å². The molecule has 1 unspecified atom stereocenters. The zero-order chi connectivity index (χ0) is 21.3. The number of unbranched alkanes of at least 4 members (excludes halogenated alkanes) is 11. The fourth-order valence-electron chi connectivity index (χ4n) is 3.65. The summed E-state index contributed by atoms with van der Waals surface area (Å²) in [5.74, 6) is 0. The summed E-state index contributed by atoms with van der Waals surface area (Å²) < 4.78 is 12.4. The minimum Gasteiger partial charge on any atom is -0.418 e. The van der Waals surface area contributed by atoms with E-state index in [-0.39, 0.29) is 0 Å². The minimum absolute atomic E-state index is 0.530. The second kappa shape index (κ2) is 17.1. The van der Waals surface area contributed by atoms with Crippen LogP contribution in [0.3, 0.4) is 0 Å². The standard InChI is InChI=1S/C24H54O2Si2/c1-8-9-10-18-21-24(26-28(5,6)7)22-19-16-14-12-11-13-15-17-20-23-25-27(2,3)4/h24H,8-23H2,1-7H3. The molecule has 0 rings (SSSR count). The van der Waals surface area contributed by atoms with E-state index >= 15 is 0 Å². The number of hydrogen-bond acceptors (Lipinski definition) is 2. The van der Waals surface area contributed by atoms with Crippen molar-refractivity contribution >= 4 is 16.6 Å². The van der Waals surface area contributed by atoms with Gasteiger partial charge in [-0.1, -0.05) is 84.0 Å². The van der Waals surface area contributed by atoms with Crippen molar-refractivity contribution in [1.82, 2.24) is 0 Å². The first kappa shape index (κ1) is 28.4. The van der Waals surface area contributed by atoms with Gasteiger partial charge in [0.05, 0.1) is 0 Å². The predicted molar refractivity (Wildman–Crippen MR) is 132 cm³/mol. The quantitative estimate of drug-likeness (QED) is 0.142. The van der Waals surface area contributed by atoms with E-state index in [2.05, 4.69) is 46.2 Å². The van der Waals surface area contributed by atoms with Crippen molar-refractivity contribution in [3.63, 3.8) is 0 Å². The van der Waals surface area contributed by atoms with Crippen molar-refractivity contribution in [3.05, 3.63) is 0 Å². The zero-order valence-corrected chi connectivity index (χ0v) is 22.7. The first-order valence-electron chi connectivity index (χ1n) is 12.5. The molecule has 0 amide bonds. The molecule has 0 aromatic rings. The van der Waals surface area contributed by atoms with Crippen LogP contribution >= 0.6 is 0 Å². The van der Waals surface area contributed by atoms with Gasteiger partial charge in [-0.2, -0.15) is 0 Å². The van der Waals surface area contributed by atoms with Crippen molar-refractivity contribution in [2.75, 3.05) is 6.61 Å². The summed E-state index contributed by atoms with van der Waals surface area (Å²) in [7, 11) is -2.70. The molecule has 0 bridgehead atoms. The summed E-state index contributed by atoms with van der Waals surface area (Å²) >= 11 is 0. The molecule has 0 radical (unpaired) electrons. The van der Waals surface area contributed by atoms with Crippen LogP contribution in [0.4, 0.5) is 0 Å². The molecule has 170 valence electrons. The molecule has 2 nitrogen and oxygen atoms in total. The van der Waals surface area contributed by atoms with Gasteiger partial charge >= 0.3 is 0 Å². The van der Waals surface area contributed by atoms with Gasteiger partial charge in [-0.05, 0) is 58.5 Å². The molecule has 0 aliphatic heterocycles. The Morgan fingerprint density at radius 3 is 1.39 bits per heavy atom. The number of hydrogen-bond donors (Lipinski definition) is 0. The Kier molecular flexibility index (Phi) is 17.3. The van der Waals surface area contributed by atoms with E-state index in [1.54, 1.807) is 0 Å². The summed E-state index contributed by atoms with van der Waals surface area (Å²) in [6.07, 6.45) is 20.9. The van der Waals surface area contributed by atoms with E-state index in [0.717, 1.165) is 6.61 Å². The molecule has 0 aliphatic rings. The molecule has 0 N–H and O–H groups in total. The van der Waals surface area contributed by atoms with Crippen LogP contribution in [0, 0.1) is 0 Å². The van der Waals surface area contributed by atoms with E-state index in [1.807, 2.05) is 0 Å². The fraction of sp³-hybridized carbons (Fsp3) is 1.00. The molecule has 0 saturated heterocycles. The summed E-state index contributed by atoms with van der Waals surface area (Å²) in [6, 6.07) is 0. The first-order valence-corrected chi connectivity index (χ1v) is 19.3. The van der Waals surface area contributed by atoms with Gasteiger partial charge in [0.2, 0.25) is 0 Å². The monoisotopic (exact) mass is 430 g/mol. The fourth-order valence-corrected chi connectivity index (χ4v) is 5.64. The second-order valence-corrected chi connectivity index (χ2v) is 19.6. The molecule has 0 spiro atoms. The SMILES string of the molecule is CCCCCCC(CCCCCCCCCCCO[Si](C)(C)C)O[Si](C)(C)C. The lowest BCUT2D eigenvalue weighted by Gasteiger charge is -2.26. The van der Waals surface area contributed by atoms with E-state index in [9.17, 15) is 0 Å². The molecule has 0 aromatic carbocycles. The molecule has 0 saturated carbocycles. The smallest absolute Gasteiger partial charge is 0.184 e. The molecule has 0 heterocycles. The summed E-state index contributed by atoms with van der Waals surface area (Å²) in [6.45, 7) is 17.1. The third kappa shape index (κ3) is 22.6. The highest BCUT2D eigenvalue weighted by molar-refractivity contribution is 6.70. The third-order valence-corrected chi connectivity index (χ3v) is 7.22. The predicted octanol–water partition coefficient (Wildman–Crippen LogP) is 8.93. The first-order chi connectivity index (χ1) is 13.1. The van der Waals surface area contributed by atoms with Crippen LogP contribution in [0.1, 0.15) is 103 Å². The van der Waals surface area contributed by atoms with Crippen molar-refractivity contribution in [2.45, 2.75) is 149 Å². The van der Waals surface area contributed by atoms with Gasteiger partial charge < -0.3 is 8.85 Å². The maximum Gasteiger partial charge on any atom is 0.184 e. The van der Waals surface area contributed by atoms with Gasteiger partial charge in [0.15, 0.2) is 16.6 Å². The summed E-state index contributed by atoms with van der Waals surface area (Å²) in [4.78, 5) is 0. The lowest BCUT2D eigenvalue weighted by Crippen LogP contribution is -2.32. The van der Waals surface area contributed by atoms with Crippen LogP contribution in [-0.4, -0.2) is 29.3 Å². The molecule has 0 fully saturated rings. The normalized spacial score (nSPS) is 13.8. The van der Waals surface area contributed by atoms with Gasteiger partial charge in [0.1, 0.15) is 0 Å². The van der Waals surface area contributed by atoms with E-state index in [1.165, 1.54) is 96.3 Å². The molecule has 0 aliphatic carbocycles. The van der Waals surface area contributed by atoms with Gasteiger partial charge in [0, 0.05) is 12.7 Å². The lowest BCUT2D eigenvalue weighted by molar-refractivity contribution is 0.165. The molecular formula is C24H54O2Si2. The Hall–Kier alpha value is 0.354. The van der Waals surface area contributed by atoms with E-state index < -0.39 is 16.6 Å². The van der Waals surface area contributed by atoms with Gasteiger partial charge in [-0.15, -0.1) is 0 Å². The second-order valence-electron chi connectivity index (χ2n) is 10.6. The summed E-state index contributed by atoms with van der Waals surface area (Å²) in [5, 5.41) is 0. The summed E-state index contributed by atoms with van der Waals surface area (Å²) in [5.41, 5.74) is 0. The topological polar surface area (TPSA) is 18.5 Å². The highest BCUT2D eigenvalue weighted by Gasteiger charge is 2.20. The molecule has 4 heteroatoms. The Morgan fingerprint density at radius 2 is 0.964 bits per heavy atom. The van der Waals surface area contributed by atoms with Crippen molar-refractivity contribution in [2.24, 2.45) is 0 Å². The maximum atomic E-state index is 6.46. The van der Waals surface area contributed by atoms with Crippen LogP contribution in [0.25, 0.3) is 0 Å². The Balaban J connectivity index is 3.60. The highest BCUT2D eigenvalue weighted by atomic mass is 28.4. The van der Waals surface area contributed by atoms with Crippen LogP contribution in [0.15, 0.2) is 0 Å². The largest absolute Gasteiger partial charge is 0.418 e. The molecule has 0 aromatic heterocycles. The Labute approximate surface area is 180 Å². The Bertz CT molecular complexity index is 334. The van der Waals surface area contributed by atoms with Crippen molar-refractivity contribution in [1.29, 1.82) is 0 Å². The van der Waals surface area contributed by atoms with Gasteiger partial charge in [0.25, 0.3) is 0 Å². The molecule has 1 atom stereocenters.